The van der Waals surface area contributed by atoms with Gasteiger partial charge in [-0.25, -0.2) is 0 Å². The van der Waals surface area contributed by atoms with E-state index in [1.165, 1.54) is 0 Å². The van der Waals surface area contributed by atoms with E-state index in [0.717, 1.165) is 25.1 Å². The molecule has 4 heteroatoms. The van der Waals surface area contributed by atoms with Crippen LogP contribution in [0.4, 0.5) is 5.69 Å². The topological polar surface area (TPSA) is 47.6 Å². The highest BCUT2D eigenvalue weighted by Gasteiger charge is 2.53. The highest BCUT2D eigenvalue weighted by molar-refractivity contribution is 6.10. The van der Waals surface area contributed by atoms with E-state index in [4.69, 9.17) is 9.47 Å². The Morgan fingerprint density at radius 3 is 2.59 bits per heavy atom. The van der Waals surface area contributed by atoms with Gasteiger partial charge in [0.1, 0.15) is 11.5 Å². The van der Waals surface area contributed by atoms with Crippen molar-refractivity contribution in [3.63, 3.8) is 0 Å². The van der Waals surface area contributed by atoms with Crippen molar-refractivity contribution >= 4 is 11.5 Å². The van der Waals surface area contributed by atoms with Gasteiger partial charge < -0.3 is 14.8 Å². The molecular formula is C13H15NO3. The summed E-state index contributed by atoms with van der Waals surface area (Å²) in [7, 11) is 3.19. The van der Waals surface area contributed by atoms with E-state index in [9.17, 15) is 4.79 Å². The maximum Gasteiger partial charge on any atom is 0.176 e. The third-order valence-electron chi connectivity index (χ3n) is 3.71. The SMILES string of the molecule is COc1cc2c(c(OC)c1)C(=O)C1(CC1)CN2. The van der Waals surface area contributed by atoms with Crippen molar-refractivity contribution in [2.45, 2.75) is 12.8 Å². The molecule has 1 aliphatic carbocycles. The fourth-order valence-electron chi connectivity index (χ4n) is 2.41. The van der Waals surface area contributed by atoms with Crippen LogP contribution in [-0.2, 0) is 0 Å². The number of benzene rings is 1. The fourth-order valence-corrected chi connectivity index (χ4v) is 2.41. The normalized spacial score (nSPS) is 19.5. The molecule has 0 bridgehead atoms. The summed E-state index contributed by atoms with van der Waals surface area (Å²) in [6.07, 6.45) is 1.96. The first-order valence-corrected chi connectivity index (χ1v) is 5.75. The minimum absolute atomic E-state index is 0.158. The van der Waals surface area contributed by atoms with Crippen molar-refractivity contribution in [3.05, 3.63) is 17.7 Å². The molecule has 0 unspecified atom stereocenters. The largest absolute Gasteiger partial charge is 0.497 e. The third-order valence-corrected chi connectivity index (χ3v) is 3.71. The second-order valence-corrected chi connectivity index (χ2v) is 4.72. The molecule has 1 spiro atoms. The number of hydrogen-bond acceptors (Lipinski definition) is 4. The van der Waals surface area contributed by atoms with E-state index in [0.29, 0.717) is 17.1 Å². The monoisotopic (exact) mass is 233 g/mol. The molecule has 17 heavy (non-hydrogen) atoms. The van der Waals surface area contributed by atoms with Gasteiger partial charge in [-0.3, -0.25) is 4.79 Å². The lowest BCUT2D eigenvalue weighted by Gasteiger charge is -2.26. The summed E-state index contributed by atoms with van der Waals surface area (Å²) in [4.78, 5) is 12.4. The molecule has 1 heterocycles. The number of ketones is 1. The molecule has 0 amide bonds. The molecule has 1 N–H and O–H groups in total. The van der Waals surface area contributed by atoms with Gasteiger partial charge in [0, 0.05) is 18.7 Å². The van der Waals surface area contributed by atoms with E-state index in [1.54, 1.807) is 20.3 Å². The van der Waals surface area contributed by atoms with Crippen molar-refractivity contribution in [3.8, 4) is 11.5 Å². The summed E-state index contributed by atoms with van der Waals surface area (Å²) < 4.78 is 10.5. The number of nitrogens with one attached hydrogen (secondary N) is 1. The van der Waals surface area contributed by atoms with Crippen molar-refractivity contribution < 1.29 is 14.3 Å². The first kappa shape index (κ1) is 10.4. The standard InChI is InChI=1S/C13H15NO3/c1-16-8-5-9-11(10(6-8)17-2)12(15)13(3-4-13)7-14-9/h5-6,14H,3-4,7H2,1-2H3. The molecule has 2 aliphatic rings. The molecule has 1 aromatic rings. The molecule has 90 valence electrons. The average molecular weight is 233 g/mol. The summed E-state index contributed by atoms with van der Waals surface area (Å²) in [5.41, 5.74) is 1.34. The minimum atomic E-state index is -0.158. The van der Waals surface area contributed by atoms with Crippen LogP contribution in [0.2, 0.25) is 0 Å². The van der Waals surface area contributed by atoms with Crippen LogP contribution in [0.25, 0.3) is 0 Å². The number of carbonyl (C=O) groups is 1. The van der Waals surface area contributed by atoms with Crippen LogP contribution in [0.5, 0.6) is 11.5 Å². The lowest BCUT2D eigenvalue weighted by Crippen LogP contribution is -2.31. The maximum absolute atomic E-state index is 12.4. The van der Waals surface area contributed by atoms with Crippen LogP contribution in [-0.4, -0.2) is 26.5 Å². The second kappa shape index (κ2) is 3.39. The number of anilines is 1. The zero-order valence-corrected chi connectivity index (χ0v) is 10.0. The van der Waals surface area contributed by atoms with Gasteiger partial charge >= 0.3 is 0 Å². The van der Waals surface area contributed by atoms with Gasteiger partial charge in [0.05, 0.1) is 30.9 Å². The molecule has 1 fully saturated rings. The van der Waals surface area contributed by atoms with E-state index in [-0.39, 0.29) is 11.2 Å². The average Bonchev–Trinajstić information content (AvgIpc) is 3.14. The molecule has 0 radical (unpaired) electrons. The lowest BCUT2D eigenvalue weighted by atomic mass is 9.89. The number of Topliss-reactive ketones (excluding diaryl/α,β-unsaturated/α-hetero) is 1. The minimum Gasteiger partial charge on any atom is -0.497 e. The summed E-state index contributed by atoms with van der Waals surface area (Å²) in [5.74, 6) is 1.52. The third kappa shape index (κ3) is 1.40. The molecule has 3 rings (SSSR count). The van der Waals surface area contributed by atoms with Crippen LogP contribution >= 0.6 is 0 Å². The van der Waals surface area contributed by atoms with Gasteiger partial charge in [-0.05, 0) is 12.8 Å². The van der Waals surface area contributed by atoms with Crippen LogP contribution < -0.4 is 14.8 Å². The predicted octanol–water partition coefficient (Wildman–Crippen LogP) is 2.09. The first-order chi connectivity index (χ1) is 8.20. The van der Waals surface area contributed by atoms with E-state index in [2.05, 4.69) is 5.32 Å². The summed E-state index contributed by atoms with van der Waals surface area (Å²) in [6.45, 7) is 0.731. The quantitative estimate of drug-likeness (QED) is 0.849. The number of carbonyl (C=O) groups excluding carboxylic acids is 1. The Hall–Kier alpha value is -1.71. The van der Waals surface area contributed by atoms with Crippen LogP contribution in [0.1, 0.15) is 23.2 Å². The Morgan fingerprint density at radius 1 is 1.24 bits per heavy atom. The zero-order valence-electron chi connectivity index (χ0n) is 10.0. The molecule has 4 nitrogen and oxygen atoms in total. The molecule has 0 atom stereocenters. The van der Waals surface area contributed by atoms with E-state index < -0.39 is 0 Å². The smallest absolute Gasteiger partial charge is 0.176 e. The fraction of sp³-hybridized carbons (Fsp3) is 0.462. The number of rotatable bonds is 2. The number of ether oxygens (including phenoxy) is 2. The Balaban J connectivity index is 2.14. The first-order valence-electron chi connectivity index (χ1n) is 5.75. The molecule has 0 aromatic heterocycles. The molecule has 0 saturated heterocycles. The van der Waals surface area contributed by atoms with Crippen molar-refractivity contribution in [1.29, 1.82) is 0 Å². The summed E-state index contributed by atoms with van der Waals surface area (Å²) >= 11 is 0. The Labute approximate surface area is 99.9 Å². The Kier molecular flexibility index (Phi) is 2.08. The molecule has 1 saturated carbocycles. The summed E-state index contributed by atoms with van der Waals surface area (Å²) in [5, 5.41) is 3.31. The maximum atomic E-state index is 12.4. The molecule has 1 aromatic carbocycles. The van der Waals surface area contributed by atoms with Crippen molar-refractivity contribution in [2.75, 3.05) is 26.1 Å². The van der Waals surface area contributed by atoms with Crippen molar-refractivity contribution in [1.82, 2.24) is 0 Å². The van der Waals surface area contributed by atoms with Crippen molar-refractivity contribution in [2.24, 2.45) is 5.41 Å². The van der Waals surface area contributed by atoms with Gasteiger partial charge in [0.25, 0.3) is 0 Å². The Morgan fingerprint density at radius 2 is 2.00 bits per heavy atom. The van der Waals surface area contributed by atoms with Gasteiger partial charge in [0.2, 0.25) is 0 Å². The Bertz CT molecular complexity index is 474. The molecule has 1 aliphatic heterocycles. The van der Waals surface area contributed by atoms with Gasteiger partial charge in [-0.15, -0.1) is 0 Å². The van der Waals surface area contributed by atoms with Crippen LogP contribution in [0.15, 0.2) is 12.1 Å². The van der Waals surface area contributed by atoms with Gasteiger partial charge in [0.15, 0.2) is 5.78 Å². The number of fused-ring (bicyclic) bond motifs is 1. The predicted molar refractivity (Wildman–Crippen MR) is 64.0 cm³/mol. The second-order valence-electron chi connectivity index (χ2n) is 4.72. The van der Waals surface area contributed by atoms with Gasteiger partial charge in [-0.1, -0.05) is 0 Å². The highest BCUT2D eigenvalue weighted by Crippen LogP contribution is 2.53. The number of methoxy groups -OCH3 is 2. The van der Waals surface area contributed by atoms with Gasteiger partial charge in [-0.2, -0.15) is 0 Å². The van der Waals surface area contributed by atoms with E-state index >= 15 is 0 Å². The van der Waals surface area contributed by atoms with E-state index in [1.807, 2.05) is 6.07 Å². The number of hydrogen-bond donors (Lipinski definition) is 1. The lowest BCUT2D eigenvalue weighted by molar-refractivity contribution is 0.0900. The van der Waals surface area contributed by atoms with Crippen LogP contribution in [0.3, 0.4) is 0 Å². The summed E-state index contributed by atoms with van der Waals surface area (Å²) in [6, 6.07) is 3.62. The highest BCUT2D eigenvalue weighted by atomic mass is 16.5. The zero-order chi connectivity index (χ0) is 12.0. The molecular weight excluding hydrogens is 218 g/mol. The van der Waals surface area contributed by atoms with Crippen LogP contribution in [0, 0.1) is 5.41 Å².